The number of aromatic nitrogens is 2. The van der Waals surface area contributed by atoms with Gasteiger partial charge in [0.1, 0.15) is 11.2 Å². The number of ether oxygens (including phenoxy) is 2. The van der Waals surface area contributed by atoms with Gasteiger partial charge in [0.25, 0.3) is 5.91 Å². The van der Waals surface area contributed by atoms with Gasteiger partial charge in [-0.2, -0.15) is 0 Å². The van der Waals surface area contributed by atoms with Crippen molar-refractivity contribution in [2.24, 2.45) is 0 Å². The Morgan fingerprint density at radius 2 is 1.37 bits per heavy atom. The Labute approximate surface area is 223 Å². The van der Waals surface area contributed by atoms with Gasteiger partial charge in [-0.25, -0.2) is 19.6 Å². The molecule has 9 heteroatoms. The lowest BCUT2D eigenvalue weighted by Crippen LogP contribution is -2.44. The number of imide groups is 1. The van der Waals surface area contributed by atoms with Crippen molar-refractivity contribution >= 4 is 29.7 Å². The Bertz CT molecular complexity index is 1260. The summed E-state index contributed by atoms with van der Waals surface area (Å²) in [5.74, 6) is -0.394. The molecule has 0 saturated carbocycles. The molecule has 3 aromatic rings. The van der Waals surface area contributed by atoms with E-state index in [1.807, 2.05) is 12.1 Å². The van der Waals surface area contributed by atoms with Gasteiger partial charge in [-0.1, -0.05) is 31.2 Å². The molecule has 1 aromatic heterocycles. The Morgan fingerprint density at radius 3 is 1.87 bits per heavy atom. The standard InChI is InChI=1S/C29H34N4O5/c1-8-19-9-11-21(12-10-19)24(34)31-22-15-13-20(14-16-22)23-17-18-30-25(32-23)33(26(35)37-28(2,3)4)27(36)38-29(5,6)7/h9-18H,8H2,1-7H3,(H,31,34). The van der Waals surface area contributed by atoms with Crippen molar-refractivity contribution < 1.29 is 23.9 Å². The molecule has 0 atom stereocenters. The molecule has 0 aliphatic heterocycles. The summed E-state index contributed by atoms with van der Waals surface area (Å²) >= 11 is 0. The zero-order valence-electron chi connectivity index (χ0n) is 22.9. The lowest BCUT2D eigenvalue weighted by molar-refractivity contribution is 0.0427. The van der Waals surface area contributed by atoms with E-state index in [2.05, 4.69) is 22.2 Å². The van der Waals surface area contributed by atoms with Crippen LogP contribution in [0.3, 0.4) is 0 Å². The van der Waals surface area contributed by atoms with Crippen molar-refractivity contribution in [2.45, 2.75) is 66.1 Å². The number of anilines is 2. The second-order valence-electron chi connectivity index (χ2n) is 10.6. The van der Waals surface area contributed by atoms with Crippen LogP contribution in [0.4, 0.5) is 21.2 Å². The molecule has 38 heavy (non-hydrogen) atoms. The molecule has 0 radical (unpaired) electrons. The molecule has 1 N–H and O–H groups in total. The molecule has 3 rings (SSSR count). The smallest absolute Gasteiger partial charge is 0.427 e. The van der Waals surface area contributed by atoms with Crippen molar-refractivity contribution in [1.29, 1.82) is 0 Å². The molecule has 9 nitrogen and oxygen atoms in total. The molecule has 0 aliphatic rings. The van der Waals surface area contributed by atoms with Crippen molar-refractivity contribution in [3.05, 3.63) is 71.9 Å². The highest BCUT2D eigenvalue weighted by molar-refractivity contribution is 6.08. The first kappa shape index (κ1) is 28.3. The summed E-state index contributed by atoms with van der Waals surface area (Å²) < 4.78 is 10.8. The first-order valence-electron chi connectivity index (χ1n) is 12.4. The Kier molecular flexibility index (Phi) is 8.50. The number of carbonyl (C=O) groups is 3. The SMILES string of the molecule is CCc1ccc(C(=O)Nc2ccc(-c3ccnc(N(C(=O)OC(C)(C)C)C(=O)OC(C)(C)C)n3)cc2)cc1. The minimum Gasteiger partial charge on any atom is -0.443 e. The summed E-state index contributed by atoms with van der Waals surface area (Å²) in [6.07, 6.45) is 0.444. The molecule has 200 valence electrons. The normalized spacial score (nSPS) is 11.4. The number of aryl methyl sites for hydroxylation is 1. The third-order valence-electron chi connectivity index (χ3n) is 5.06. The van der Waals surface area contributed by atoms with E-state index in [0.29, 0.717) is 27.4 Å². The number of hydrogen-bond acceptors (Lipinski definition) is 7. The van der Waals surface area contributed by atoms with E-state index in [-0.39, 0.29) is 11.9 Å². The number of nitrogens with zero attached hydrogens (tertiary/aromatic N) is 3. The van der Waals surface area contributed by atoms with E-state index in [0.717, 1.165) is 12.0 Å². The van der Waals surface area contributed by atoms with Gasteiger partial charge in [-0.05, 0) is 83.9 Å². The van der Waals surface area contributed by atoms with Crippen LogP contribution in [0.25, 0.3) is 11.3 Å². The molecule has 2 aromatic carbocycles. The van der Waals surface area contributed by atoms with Crippen LogP contribution in [0.1, 0.15) is 64.4 Å². The molecule has 1 heterocycles. The molecule has 0 saturated heterocycles. The van der Waals surface area contributed by atoms with E-state index < -0.39 is 23.4 Å². The van der Waals surface area contributed by atoms with Crippen molar-refractivity contribution in [3.8, 4) is 11.3 Å². The van der Waals surface area contributed by atoms with E-state index in [1.54, 1.807) is 84.0 Å². The highest BCUT2D eigenvalue weighted by atomic mass is 16.6. The highest BCUT2D eigenvalue weighted by Gasteiger charge is 2.34. The van der Waals surface area contributed by atoms with Crippen LogP contribution in [-0.2, 0) is 15.9 Å². The fourth-order valence-electron chi connectivity index (χ4n) is 3.29. The number of hydrogen-bond donors (Lipinski definition) is 1. The molecular weight excluding hydrogens is 484 g/mol. The quantitative estimate of drug-likeness (QED) is 0.403. The molecule has 0 unspecified atom stereocenters. The van der Waals surface area contributed by atoms with Gasteiger partial charge in [0.2, 0.25) is 5.95 Å². The third kappa shape index (κ3) is 7.86. The zero-order chi connectivity index (χ0) is 28.1. The van der Waals surface area contributed by atoms with Crippen LogP contribution in [-0.4, -0.2) is 39.3 Å². The number of amides is 3. The summed E-state index contributed by atoms with van der Waals surface area (Å²) in [4.78, 5) is 47.7. The summed E-state index contributed by atoms with van der Waals surface area (Å²) in [5.41, 5.74) is 1.77. The average molecular weight is 519 g/mol. The van der Waals surface area contributed by atoms with E-state index in [9.17, 15) is 14.4 Å². The largest absolute Gasteiger partial charge is 0.443 e. The van der Waals surface area contributed by atoms with Crippen LogP contribution < -0.4 is 10.2 Å². The van der Waals surface area contributed by atoms with Gasteiger partial charge in [0.05, 0.1) is 5.69 Å². The third-order valence-corrected chi connectivity index (χ3v) is 5.06. The maximum Gasteiger partial charge on any atom is 0.427 e. The maximum atomic E-state index is 12.9. The van der Waals surface area contributed by atoms with Crippen LogP contribution >= 0.6 is 0 Å². The summed E-state index contributed by atoms with van der Waals surface area (Å²) in [6, 6.07) is 16.1. The van der Waals surface area contributed by atoms with Crippen molar-refractivity contribution in [2.75, 3.05) is 10.2 Å². The number of rotatable bonds is 5. The minimum absolute atomic E-state index is 0.182. The Balaban J connectivity index is 1.83. The topological polar surface area (TPSA) is 111 Å². The van der Waals surface area contributed by atoms with E-state index in [1.165, 1.54) is 6.20 Å². The maximum absolute atomic E-state index is 12.9. The average Bonchev–Trinajstić information content (AvgIpc) is 2.82. The lowest BCUT2D eigenvalue weighted by atomic mass is 10.1. The van der Waals surface area contributed by atoms with Crippen LogP contribution in [0, 0.1) is 0 Å². The van der Waals surface area contributed by atoms with E-state index >= 15 is 0 Å². The Morgan fingerprint density at radius 1 is 0.816 bits per heavy atom. The first-order valence-corrected chi connectivity index (χ1v) is 12.4. The fourth-order valence-corrected chi connectivity index (χ4v) is 3.29. The Hall–Kier alpha value is -4.27. The predicted octanol–water partition coefficient (Wildman–Crippen LogP) is 6.63. The van der Waals surface area contributed by atoms with Gasteiger partial charge >= 0.3 is 12.2 Å². The summed E-state index contributed by atoms with van der Waals surface area (Å²) in [5, 5.41) is 2.87. The molecule has 0 aliphatic carbocycles. The second-order valence-corrected chi connectivity index (χ2v) is 10.6. The van der Waals surface area contributed by atoms with Crippen LogP contribution in [0.5, 0.6) is 0 Å². The monoisotopic (exact) mass is 518 g/mol. The van der Waals surface area contributed by atoms with Gasteiger partial charge in [0, 0.05) is 23.0 Å². The van der Waals surface area contributed by atoms with Gasteiger partial charge in [-0.3, -0.25) is 4.79 Å². The number of benzene rings is 2. The van der Waals surface area contributed by atoms with Crippen LogP contribution in [0.2, 0.25) is 0 Å². The number of nitrogens with one attached hydrogen (secondary N) is 1. The number of carbonyl (C=O) groups excluding carboxylic acids is 3. The first-order chi connectivity index (χ1) is 17.8. The van der Waals surface area contributed by atoms with E-state index in [4.69, 9.17) is 9.47 Å². The molecule has 3 amide bonds. The summed E-state index contributed by atoms with van der Waals surface area (Å²) in [7, 11) is 0. The molecule has 0 bridgehead atoms. The molecule has 0 fully saturated rings. The van der Waals surface area contributed by atoms with Gasteiger partial charge < -0.3 is 14.8 Å². The second kappa shape index (κ2) is 11.4. The van der Waals surface area contributed by atoms with Crippen molar-refractivity contribution in [1.82, 2.24) is 9.97 Å². The predicted molar refractivity (Wildman–Crippen MR) is 146 cm³/mol. The summed E-state index contributed by atoms with van der Waals surface area (Å²) in [6.45, 7) is 12.2. The zero-order valence-corrected chi connectivity index (χ0v) is 22.9. The minimum atomic E-state index is -0.950. The lowest BCUT2D eigenvalue weighted by Gasteiger charge is -2.27. The molecule has 0 spiro atoms. The van der Waals surface area contributed by atoms with Crippen molar-refractivity contribution in [3.63, 3.8) is 0 Å². The fraction of sp³-hybridized carbons (Fsp3) is 0.345. The molecular formula is C29H34N4O5. The van der Waals surface area contributed by atoms with Gasteiger partial charge in [0.15, 0.2) is 0 Å². The van der Waals surface area contributed by atoms with Gasteiger partial charge in [-0.15, -0.1) is 4.90 Å². The highest BCUT2D eigenvalue weighted by Crippen LogP contribution is 2.24. The van der Waals surface area contributed by atoms with Crippen LogP contribution in [0.15, 0.2) is 60.8 Å².